The van der Waals surface area contributed by atoms with Crippen LogP contribution in [0.1, 0.15) is 27.7 Å². The van der Waals surface area contributed by atoms with Crippen LogP contribution in [0.2, 0.25) is 0 Å². The minimum atomic E-state index is -3.63. The molecule has 0 saturated carbocycles. The number of amides is 1. The number of fused-ring (bicyclic) bond motifs is 1. The van der Waals surface area contributed by atoms with E-state index in [1.807, 2.05) is 0 Å². The number of carbonyl (C=O) groups excluding carboxylic acids is 1. The average Bonchev–Trinajstić information content (AvgIpc) is 2.66. The maximum absolute atomic E-state index is 12.4. The first-order chi connectivity index (χ1) is 9.46. The van der Waals surface area contributed by atoms with Gasteiger partial charge in [0.15, 0.2) is 0 Å². The molecule has 2 unspecified atom stereocenters. The molecule has 2 aliphatic heterocycles. The summed E-state index contributed by atoms with van der Waals surface area (Å²) in [6.07, 6.45) is -0.746. The fraction of sp³-hybridized carbons (Fsp3) is 0.833. The summed E-state index contributed by atoms with van der Waals surface area (Å²) in [7, 11) is -2.28. The van der Waals surface area contributed by atoms with Crippen LogP contribution in [0.3, 0.4) is 0 Å². The highest BCUT2D eigenvalue weighted by atomic mass is 32.2. The van der Waals surface area contributed by atoms with E-state index in [1.54, 1.807) is 27.7 Å². The van der Waals surface area contributed by atoms with Gasteiger partial charge >= 0.3 is 6.09 Å². The first-order valence-corrected chi connectivity index (χ1v) is 8.11. The summed E-state index contributed by atoms with van der Waals surface area (Å²) in [5, 5.41) is 1.66. The van der Waals surface area contributed by atoms with Gasteiger partial charge in [0.25, 0.3) is 0 Å². The number of rotatable bonds is 0. The first-order valence-electron chi connectivity index (χ1n) is 6.61. The van der Waals surface area contributed by atoms with Crippen LogP contribution in [0, 0.1) is 0 Å². The second-order valence-corrected chi connectivity index (χ2v) is 8.58. The van der Waals surface area contributed by atoms with Crippen molar-refractivity contribution >= 4 is 22.1 Å². The molecule has 0 aromatic carbocycles. The number of nitrogens with zero attached hydrogens (tertiary/aromatic N) is 2. The number of guanidine groups is 1. The Morgan fingerprint density at radius 1 is 1.52 bits per heavy atom. The van der Waals surface area contributed by atoms with Gasteiger partial charge in [0.05, 0.1) is 13.2 Å². The topological polar surface area (TPSA) is 97.3 Å². The first kappa shape index (κ1) is 16.0. The van der Waals surface area contributed by atoms with Crippen LogP contribution in [-0.4, -0.2) is 61.4 Å². The molecule has 0 aliphatic carbocycles. The normalized spacial score (nSPS) is 31.4. The molecule has 0 aromatic heterocycles. The van der Waals surface area contributed by atoms with E-state index in [0.29, 0.717) is 0 Å². The number of sulfonamides is 1. The van der Waals surface area contributed by atoms with Crippen molar-refractivity contribution in [3.05, 3.63) is 0 Å². The largest absolute Gasteiger partial charge is 0.444 e. The highest BCUT2D eigenvalue weighted by Crippen LogP contribution is 2.34. The number of ether oxygens (including phenoxy) is 2. The van der Waals surface area contributed by atoms with E-state index in [-0.39, 0.29) is 19.2 Å². The van der Waals surface area contributed by atoms with Crippen molar-refractivity contribution in [2.45, 2.75) is 44.1 Å². The monoisotopic (exact) mass is 319 g/mol. The fourth-order valence-electron chi connectivity index (χ4n) is 2.28. The molecule has 0 spiro atoms. The van der Waals surface area contributed by atoms with Crippen molar-refractivity contribution in [2.24, 2.45) is 4.99 Å². The lowest BCUT2D eigenvalue weighted by Gasteiger charge is -2.36. The Kier molecular flexibility index (Phi) is 3.69. The lowest BCUT2D eigenvalue weighted by Crippen LogP contribution is -2.59. The molecule has 1 saturated heterocycles. The summed E-state index contributed by atoms with van der Waals surface area (Å²) in [5.74, 6) is -0.0477. The standard InChI is InChI=1S/C12H21N3O5S/c1-11(2,3)20-10(16)13-9-14-12(4)7-19-6-8(12)21(17,18)15(9)5/h8H,6-7H2,1-5H3,(H,13,14,16). The predicted octanol–water partition coefficient (Wildman–Crippen LogP) is 0.300. The highest BCUT2D eigenvalue weighted by molar-refractivity contribution is 7.90. The van der Waals surface area contributed by atoms with E-state index in [4.69, 9.17) is 9.47 Å². The molecule has 8 nitrogen and oxygen atoms in total. The molecule has 2 atom stereocenters. The molecule has 0 bridgehead atoms. The van der Waals surface area contributed by atoms with Gasteiger partial charge in [0.2, 0.25) is 16.0 Å². The lowest BCUT2D eigenvalue weighted by molar-refractivity contribution is 0.0559. The van der Waals surface area contributed by atoms with Crippen LogP contribution >= 0.6 is 0 Å². The zero-order chi connectivity index (χ0) is 16.1. The minimum absolute atomic E-state index is 0.0477. The second kappa shape index (κ2) is 4.84. The van der Waals surface area contributed by atoms with Crippen LogP contribution < -0.4 is 5.32 Å². The summed E-state index contributed by atoms with van der Waals surface area (Å²) in [4.78, 5) is 16.2. The number of hydrogen-bond donors (Lipinski definition) is 1. The number of alkyl carbamates (subject to hydrolysis) is 1. The van der Waals surface area contributed by atoms with E-state index in [0.717, 1.165) is 4.31 Å². The van der Waals surface area contributed by atoms with E-state index < -0.39 is 32.5 Å². The molecular formula is C12H21N3O5S. The van der Waals surface area contributed by atoms with Gasteiger partial charge in [-0.25, -0.2) is 22.5 Å². The van der Waals surface area contributed by atoms with Crippen LogP contribution in [0.4, 0.5) is 4.79 Å². The van der Waals surface area contributed by atoms with E-state index in [2.05, 4.69) is 10.3 Å². The Hall–Kier alpha value is -1.35. The zero-order valence-corrected chi connectivity index (χ0v) is 13.7. The molecule has 2 heterocycles. The van der Waals surface area contributed by atoms with Gasteiger partial charge in [0.1, 0.15) is 16.4 Å². The quantitative estimate of drug-likeness (QED) is 0.692. The van der Waals surface area contributed by atoms with Crippen LogP contribution in [-0.2, 0) is 19.5 Å². The van der Waals surface area contributed by atoms with Crippen molar-refractivity contribution in [3.8, 4) is 0 Å². The molecule has 1 fully saturated rings. The van der Waals surface area contributed by atoms with Crippen LogP contribution in [0.25, 0.3) is 0 Å². The second-order valence-electron chi connectivity index (χ2n) is 6.44. The van der Waals surface area contributed by atoms with Gasteiger partial charge in [-0.1, -0.05) is 0 Å². The van der Waals surface area contributed by atoms with Gasteiger partial charge in [-0.2, -0.15) is 0 Å². The summed E-state index contributed by atoms with van der Waals surface area (Å²) in [6, 6.07) is 0. The van der Waals surface area contributed by atoms with Crippen molar-refractivity contribution in [1.82, 2.24) is 9.62 Å². The van der Waals surface area contributed by atoms with Gasteiger partial charge in [-0.05, 0) is 27.7 Å². The Balaban J connectivity index is 2.27. The summed E-state index contributed by atoms with van der Waals surface area (Å²) in [6.45, 7) is 7.16. The number of aliphatic imine (C=N–C) groups is 1. The van der Waals surface area contributed by atoms with Crippen molar-refractivity contribution in [1.29, 1.82) is 0 Å². The van der Waals surface area contributed by atoms with E-state index in [1.165, 1.54) is 7.05 Å². The van der Waals surface area contributed by atoms with Crippen LogP contribution in [0.15, 0.2) is 4.99 Å². The highest BCUT2D eigenvalue weighted by Gasteiger charge is 2.53. The molecule has 1 amide bonds. The number of nitrogens with one attached hydrogen (secondary N) is 1. The fourth-order valence-corrected chi connectivity index (χ4v) is 4.02. The lowest BCUT2D eigenvalue weighted by atomic mass is 10.0. The SMILES string of the molecule is CN1C(NC(=O)OC(C)(C)C)=NC2(C)COCC2S1(=O)=O. The van der Waals surface area contributed by atoms with E-state index in [9.17, 15) is 13.2 Å². The maximum Gasteiger partial charge on any atom is 0.414 e. The molecule has 2 rings (SSSR count). The third-order valence-corrected chi connectivity index (χ3v) is 5.67. The number of hydrogen-bond acceptors (Lipinski definition) is 6. The van der Waals surface area contributed by atoms with Crippen molar-refractivity contribution in [3.63, 3.8) is 0 Å². The molecular weight excluding hydrogens is 298 g/mol. The predicted molar refractivity (Wildman–Crippen MR) is 76.5 cm³/mol. The molecule has 1 N–H and O–H groups in total. The summed E-state index contributed by atoms with van der Waals surface area (Å²) in [5.41, 5.74) is -1.57. The Labute approximate surface area is 124 Å². The van der Waals surface area contributed by atoms with Crippen LogP contribution in [0.5, 0.6) is 0 Å². The average molecular weight is 319 g/mol. The molecule has 2 aliphatic rings. The van der Waals surface area contributed by atoms with Gasteiger partial charge in [-0.3, -0.25) is 5.32 Å². The van der Waals surface area contributed by atoms with Gasteiger partial charge < -0.3 is 9.47 Å². The molecule has 0 aromatic rings. The Morgan fingerprint density at radius 3 is 2.71 bits per heavy atom. The van der Waals surface area contributed by atoms with Crippen molar-refractivity contribution < 1.29 is 22.7 Å². The van der Waals surface area contributed by atoms with Gasteiger partial charge in [-0.15, -0.1) is 0 Å². The minimum Gasteiger partial charge on any atom is -0.444 e. The summed E-state index contributed by atoms with van der Waals surface area (Å²) >= 11 is 0. The van der Waals surface area contributed by atoms with E-state index >= 15 is 0 Å². The smallest absolute Gasteiger partial charge is 0.414 e. The third-order valence-electron chi connectivity index (χ3n) is 3.37. The molecule has 9 heteroatoms. The molecule has 21 heavy (non-hydrogen) atoms. The van der Waals surface area contributed by atoms with Gasteiger partial charge in [0, 0.05) is 7.05 Å². The summed E-state index contributed by atoms with van der Waals surface area (Å²) < 4.78 is 36.2. The molecule has 0 radical (unpaired) electrons. The Morgan fingerprint density at radius 2 is 2.14 bits per heavy atom. The Bertz CT molecular complexity index is 580. The number of carbonyl (C=O) groups is 1. The maximum atomic E-state index is 12.4. The molecule has 120 valence electrons. The zero-order valence-electron chi connectivity index (χ0n) is 12.8. The third kappa shape index (κ3) is 2.98. The van der Waals surface area contributed by atoms with Crippen molar-refractivity contribution in [2.75, 3.05) is 20.3 Å².